The Kier molecular flexibility index (Phi) is 3.74. The number of anilines is 2. The monoisotopic (exact) mass is 296 g/mol. The highest BCUT2D eigenvalue weighted by Crippen LogP contribution is 2.26. The van der Waals surface area contributed by atoms with Gasteiger partial charge in [-0.2, -0.15) is 0 Å². The van der Waals surface area contributed by atoms with Crippen molar-refractivity contribution in [1.82, 2.24) is 10.3 Å². The number of carbonyl (C=O) groups excluding carboxylic acids is 2. The first-order chi connectivity index (χ1) is 10.6. The molecule has 0 radical (unpaired) electrons. The van der Waals surface area contributed by atoms with Crippen LogP contribution in [0.5, 0.6) is 0 Å². The topological polar surface area (TPSA) is 83.1 Å². The van der Waals surface area contributed by atoms with Crippen LogP contribution >= 0.6 is 0 Å². The molecule has 1 aliphatic heterocycles. The molecule has 0 saturated heterocycles. The number of hydrogen-bond acceptors (Lipinski definition) is 3. The fraction of sp³-hybridized carbons (Fsp3) is 0.188. The summed E-state index contributed by atoms with van der Waals surface area (Å²) >= 11 is 0. The summed E-state index contributed by atoms with van der Waals surface area (Å²) < 4.78 is 0. The summed E-state index contributed by atoms with van der Waals surface area (Å²) in [5, 5.41) is 8.41. The zero-order valence-electron chi connectivity index (χ0n) is 12.1. The highest BCUT2D eigenvalue weighted by molar-refractivity contribution is 5.99. The molecule has 0 unspecified atom stereocenters. The van der Waals surface area contributed by atoms with E-state index in [1.807, 2.05) is 25.1 Å². The smallest absolute Gasteiger partial charge is 0.319 e. The molecule has 112 valence electrons. The van der Waals surface area contributed by atoms with Gasteiger partial charge in [0.05, 0.1) is 12.5 Å². The number of amides is 3. The van der Waals surface area contributed by atoms with E-state index < -0.39 is 0 Å². The number of rotatable bonds is 3. The Balaban J connectivity index is 1.65. The Hall–Kier alpha value is -2.89. The van der Waals surface area contributed by atoms with Gasteiger partial charge in [0.2, 0.25) is 5.91 Å². The largest absolute Gasteiger partial charge is 0.331 e. The van der Waals surface area contributed by atoms with Gasteiger partial charge in [0.15, 0.2) is 0 Å². The number of aromatic nitrogens is 1. The molecule has 3 rings (SSSR count). The number of fused-ring (bicyclic) bond motifs is 1. The average Bonchev–Trinajstić information content (AvgIpc) is 2.87. The molecule has 0 aliphatic carbocycles. The summed E-state index contributed by atoms with van der Waals surface area (Å²) in [5.74, 6) is 0.00296. The minimum atomic E-state index is -0.284. The van der Waals surface area contributed by atoms with Crippen molar-refractivity contribution in [3.05, 3.63) is 53.9 Å². The van der Waals surface area contributed by atoms with Gasteiger partial charge in [-0.25, -0.2) is 4.79 Å². The maximum atomic E-state index is 12.0. The number of nitrogens with one attached hydrogen (secondary N) is 3. The highest BCUT2D eigenvalue weighted by atomic mass is 16.2. The van der Waals surface area contributed by atoms with Crippen molar-refractivity contribution >= 4 is 23.3 Å². The van der Waals surface area contributed by atoms with E-state index >= 15 is 0 Å². The molecule has 0 fully saturated rings. The molecule has 0 bridgehead atoms. The molecular weight excluding hydrogens is 280 g/mol. The Labute approximate surface area is 127 Å². The van der Waals surface area contributed by atoms with Crippen LogP contribution in [0, 0.1) is 0 Å². The van der Waals surface area contributed by atoms with Crippen molar-refractivity contribution in [1.29, 1.82) is 0 Å². The lowest BCUT2D eigenvalue weighted by atomic mass is 10.0. The van der Waals surface area contributed by atoms with Crippen molar-refractivity contribution in [3.63, 3.8) is 0 Å². The lowest BCUT2D eigenvalue weighted by molar-refractivity contribution is -0.115. The van der Waals surface area contributed by atoms with E-state index in [1.54, 1.807) is 24.5 Å². The molecule has 6 nitrogen and oxygen atoms in total. The van der Waals surface area contributed by atoms with Crippen LogP contribution in [0.2, 0.25) is 0 Å². The van der Waals surface area contributed by atoms with E-state index in [-0.39, 0.29) is 18.0 Å². The molecule has 2 aromatic rings. The van der Waals surface area contributed by atoms with Gasteiger partial charge in [-0.3, -0.25) is 9.78 Å². The summed E-state index contributed by atoms with van der Waals surface area (Å²) in [6.07, 6.45) is 3.62. The number of benzene rings is 1. The van der Waals surface area contributed by atoms with Crippen LogP contribution in [-0.2, 0) is 11.2 Å². The quantitative estimate of drug-likeness (QED) is 0.813. The second-order valence-electron chi connectivity index (χ2n) is 5.20. The average molecular weight is 296 g/mol. The normalized spacial score (nSPS) is 14.0. The number of carbonyl (C=O) groups is 2. The molecule has 1 atom stereocenters. The molecule has 0 spiro atoms. The van der Waals surface area contributed by atoms with Crippen LogP contribution in [0.1, 0.15) is 24.1 Å². The number of urea groups is 1. The molecule has 22 heavy (non-hydrogen) atoms. The summed E-state index contributed by atoms with van der Waals surface area (Å²) in [6, 6.07) is 8.71. The molecule has 0 saturated carbocycles. The Morgan fingerprint density at radius 3 is 2.82 bits per heavy atom. The van der Waals surface area contributed by atoms with Gasteiger partial charge in [-0.1, -0.05) is 12.1 Å². The lowest BCUT2D eigenvalue weighted by Gasteiger charge is -2.16. The minimum absolute atomic E-state index is 0.00296. The number of hydrogen-bond donors (Lipinski definition) is 3. The van der Waals surface area contributed by atoms with E-state index in [1.165, 1.54) is 0 Å². The zero-order valence-corrected chi connectivity index (χ0v) is 12.1. The van der Waals surface area contributed by atoms with Crippen LogP contribution in [0.25, 0.3) is 0 Å². The predicted octanol–water partition coefficient (Wildman–Crippen LogP) is 2.46. The van der Waals surface area contributed by atoms with Crippen molar-refractivity contribution in [3.8, 4) is 0 Å². The van der Waals surface area contributed by atoms with E-state index in [0.717, 1.165) is 16.8 Å². The van der Waals surface area contributed by atoms with Crippen LogP contribution in [0.4, 0.5) is 16.2 Å². The van der Waals surface area contributed by atoms with E-state index in [9.17, 15) is 9.59 Å². The third kappa shape index (κ3) is 3.06. The molecule has 3 N–H and O–H groups in total. The van der Waals surface area contributed by atoms with Gasteiger partial charge in [0, 0.05) is 23.8 Å². The molecular formula is C16H16N4O2. The van der Waals surface area contributed by atoms with Gasteiger partial charge in [-0.15, -0.1) is 0 Å². The summed E-state index contributed by atoms with van der Waals surface area (Å²) in [7, 11) is 0. The van der Waals surface area contributed by atoms with Crippen molar-refractivity contribution in [2.75, 3.05) is 10.6 Å². The van der Waals surface area contributed by atoms with Gasteiger partial charge in [0.1, 0.15) is 0 Å². The Morgan fingerprint density at radius 2 is 2.05 bits per heavy atom. The maximum absolute atomic E-state index is 12.0. The van der Waals surface area contributed by atoms with Crippen LogP contribution < -0.4 is 16.0 Å². The summed E-state index contributed by atoms with van der Waals surface area (Å²) in [6.45, 7) is 1.90. The predicted molar refractivity (Wildman–Crippen MR) is 83.6 cm³/mol. The van der Waals surface area contributed by atoms with Crippen LogP contribution in [-0.4, -0.2) is 16.9 Å². The van der Waals surface area contributed by atoms with Gasteiger partial charge in [0.25, 0.3) is 0 Å². The van der Waals surface area contributed by atoms with E-state index in [2.05, 4.69) is 20.9 Å². The van der Waals surface area contributed by atoms with Crippen molar-refractivity contribution < 1.29 is 9.59 Å². The lowest BCUT2D eigenvalue weighted by Crippen LogP contribution is -2.31. The summed E-state index contributed by atoms with van der Waals surface area (Å²) in [5.41, 5.74) is 3.46. The van der Waals surface area contributed by atoms with Gasteiger partial charge in [-0.05, 0) is 36.2 Å². The fourth-order valence-electron chi connectivity index (χ4n) is 2.40. The van der Waals surface area contributed by atoms with E-state index in [4.69, 9.17) is 0 Å². The second-order valence-corrected chi connectivity index (χ2v) is 5.20. The molecule has 1 aliphatic rings. The minimum Gasteiger partial charge on any atom is -0.331 e. The highest BCUT2D eigenvalue weighted by Gasteiger charge is 2.19. The Morgan fingerprint density at radius 1 is 1.27 bits per heavy atom. The van der Waals surface area contributed by atoms with Crippen molar-refractivity contribution in [2.45, 2.75) is 19.4 Å². The first kappa shape index (κ1) is 14.1. The SMILES string of the molecule is C[C@H](NC(=O)Nc1ccncc1)c1ccc2c(c1)CC(=O)N2. The van der Waals surface area contributed by atoms with Crippen LogP contribution in [0.15, 0.2) is 42.7 Å². The standard InChI is InChI=1S/C16H16N4O2/c1-10(18-16(22)19-13-4-6-17-7-5-13)11-2-3-14-12(8-11)9-15(21)20-14/h2-8,10H,9H2,1H3,(H,20,21)(H2,17,18,19,22)/t10-/m0/s1. The number of pyridine rings is 1. The van der Waals surface area contributed by atoms with Crippen LogP contribution in [0.3, 0.4) is 0 Å². The summed E-state index contributed by atoms with van der Waals surface area (Å²) in [4.78, 5) is 27.2. The fourth-order valence-corrected chi connectivity index (χ4v) is 2.40. The molecule has 6 heteroatoms. The Bertz CT molecular complexity index is 715. The van der Waals surface area contributed by atoms with Gasteiger partial charge < -0.3 is 16.0 Å². The first-order valence-corrected chi connectivity index (χ1v) is 7.02. The third-order valence-electron chi connectivity index (χ3n) is 3.54. The molecule has 1 aromatic carbocycles. The number of nitrogens with zero attached hydrogens (tertiary/aromatic N) is 1. The van der Waals surface area contributed by atoms with Crippen molar-refractivity contribution in [2.24, 2.45) is 0 Å². The second kappa shape index (κ2) is 5.85. The molecule has 3 amide bonds. The maximum Gasteiger partial charge on any atom is 0.319 e. The van der Waals surface area contributed by atoms with E-state index in [0.29, 0.717) is 12.1 Å². The molecule has 2 heterocycles. The third-order valence-corrected chi connectivity index (χ3v) is 3.54. The zero-order chi connectivity index (χ0) is 15.5. The molecule has 1 aromatic heterocycles. The first-order valence-electron chi connectivity index (χ1n) is 7.02. The van der Waals surface area contributed by atoms with Gasteiger partial charge >= 0.3 is 6.03 Å².